The molecule has 0 aromatic rings. The third kappa shape index (κ3) is 5.49. The topological polar surface area (TPSA) is 64.6 Å². The zero-order valence-electron chi connectivity index (χ0n) is 4.92. The molecule has 0 bridgehead atoms. The fourth-order valence-electron chi connectivity index (χ4n) is 0.194. The lowest BCUT2D eigenvalue weighted by Crippen LogP contribution is -2.08. The summed E-state index contributed by atoms with van der Waals surface area (Å²) in [7, 11) is -2.63. The Kier molecular flexibility index (Phi) is 5.51. The van der Waals surface area contributed by atoms with Crippen LogP contribution in [0.2, 0.25) is 0 Å². The van der Waals surface area contributed by atoms with Gasteiger partial charge >= 0.3 is 8.25 Å². The van der Waals surface area contributed by atoms with Crippen LogP contribution in [0.25, 0.3) is 0 Å². The summed E-state index contributed by atoms with van der Waals surface area (Å²) in [4.78, 5) is 9.47. The fourth-order valence-corrected chi connectivity index (χ4v) is 0.583. The van der Waals surface area contributed by atoms with Gasteiger partial charge in [-0.05, 0) is 0 Å². The molecular formula is C3H8NO4P. The summed E-state index contributed by atoms with van der Waals surface area (Å²) in [5.41, 5.74) is 2.28. The lowest BCUT2D eigenvalue weighted by Gasteiger charge is -1.98. The molecule has 6 heteroatoms. The third-order valence-electron chi connectivity index (χ3n) is 0.444. The first-order valence-corrected chi connectivity index (χ1v) is 3.57. The van der Waals surface area contributed by atoms with Crippen molar-refractivity contribution in [1.29, 1.82) is 0 Å². The van der Waals surface area contributed by atoms with Gasteiger partial charge in [0.05, 0.1) is 0 Å². The minimum absolute atomic E-state index is 0.0820. The van der Waals surface area contributed by atoms with E-state index in [0.29, 0.717) is 6.54 Å². The van der Waals surface area contributed by atoms with Gasteiger partial charge in [-0.15, -0.1) is 0 Å². The van der Waals surface area contributed by atoms with Crippen LogP contribution in [0.1, 0.15) is 6.92 Å². The minimum atomic E-state index is -2.63. The van der Waals surface area contributed by atoms with E-state index < -0.39 is 8.25 Å². The van der Waals surface area contributed by atoms with Crippen molar-refractivity contribution in [3.8, 4) is 0 Å². The van der Waals surface area contributed by atoms with Gasteiger partial charge in [0.2, 0.25) is 0 Å². The number of rotatable bonds is 5. The second-order valence-electron chi connectivity index (χ2n) is 1.06. The monoisotopic (exact) mass is 153 g/mol. The minimum Gasteiger partial charge on any atom is -0.395 e. The Morgan fingerprint density at radius 2 is 2.44 bits per heavy atom. The van der Waals surface area contributed by atoms with Crippen LogP contribution >= 0.6 is 8.25 Å². The molecule has 0 rings (SSSR count). The molecule has 0 heterocycles. The first-order chi connectivity index (χ1) is 4.31. The Bertz CT molecular complexity index is 106. The molecule has 54 valence electrons. The van der Waals surface area contributed by atoms with Crippen molar-refractivity contribution in [2.45, 2.75) is 6.92 Å². The van der Waals surface area contributed by atoms with E-state index >= 15 is 0 Å². The summed E-state index contributed by atoms with van der Waals surface area (Å²) in [6.07, 6.45) is 0. The van der Waals surface area contributed by atoms with Gasteiger partial charge in [0.25, 0.3) is 6.47 Å². The standard InChI is InChI=1S/C3H8NO4P/c1-2-4-8-9(6)7-3-5/h3-4,9H,2H2,1H3. The van der Waals surface area contributed by atoms with E-state index in [1.165, 1.54) is 0 Å². The quantitative estimate of drug-likeness (QED) is 0.344. The molecule has 0 fully saturated rings. The van der Waals surface area contributed by atoms with Gasteiger partial charge in [0, 0.05) is 6.54 Å². The van der Waals surface area contributed by atoms with Gasteiger partial charge in [-0.1, -0.05) is 6.92 Å². The van der Waals surface area contributed by atoms with Crippen molar-refractivity contribution >= 4 is 14.7 Å². The Labute approximate surface area is 53.2 Å². The van der Waals surface area contributed by atoms with E-state index in [9.17, 15) is 9.36 Å². The van der Waals surface area contributed by atoms with Crippen molar-refractivity contribution in [3.05, 3.63) is 0 Å². The lowest BCUT2D eigenvalue weighted by atomic mass is 10.8. The highest BCUT2D eigenvalue weighted by Gasteiger charge is 1.94. The maximum absolute atomic E-state index is 10.2. The first kappa shape index (κ1) is 8.62. The van der Waals surface area contributed by atoms with E-state index in [4.69, 9.17) is 0 Å². The number of nitrogens with one attached hydrogen (secondary N) is 1. The van der Waals surface area contributed by atoms with Crippen molar-refractivity contribution in [2.24, 2.45) is 0 Å². The molecule has 1 N–H and O–H groups in total. The molecular weight excluding hydrogens is 145 g/mol. The zero-order chi connectivity index (χ0) is 7.11. The lowest BCUT2D eigenvalue weighted by molar-refractivity contribution is -0.121. The summed E-state index contributed by atoms with van der Waals surface area (Å²) in [5, 5.41) is 0. The first-order valence-electron chi connectivity index (χ1n) is 2.35. The molecule has 0 radical (unpaired) electrons. The number of carbonyl (C=O) groups excluding carboxylic acids is 1. The number of carbonyl (C=O) groups is 1. The molecule has 1 unspecified atom stereocenters. The van der Waals surface area contributed by atoms with Crippen LogP contribution < -0.4 is 5.48 Å². The highest BCUT2D eigenvalue weighted by molar-refractivity contribution is 7.33. The van der Waals surface area contributed by atoms with Gasteiger partial charge in [-0.25, -0.2) is 9.19 Å². The molecule has 0 aliphatic carbocycles. The van der Waals surface area contributed by atoms with Gasteiger partial charge in [0.15, 0.2) is 0 Å². The molecule has 1 atom stereocenters. The van der Waals surface area contributed by atoms with Crippen LogP contribution in [0.4, 0.5) is 0 Å². The molecule has 9 heavy (non-hydrogen) atoms. The van der Waals surface area contributed by atoms with Gasteiger partial charge in [-0.3, -0.25) is 4.79 Å². The van der Waals surface area contributed by atoms with Crippen LogP contribution in [0.5, 0.6) is 0 Å². The zero-order valence-corrected chi connectivity index (χ0v) is 5.92. The van der Waals surface area contributed by atoms with E-state index in [1.54, 1.807) is 6.92 Å². The second-order valence-corrected chi connectivity index (χ2v) is 2.00. The van der Waals surface area contributed by atoms with Gasteiger partial charge < -0.3 is 4.52 Å². The Balaban J connectivity index is 3.16. The fraction of sp³-hybridized carbons (Fsp3) is 0.667. The van der Waals surface area contributed by atoms with E-state index in [1.807, 2.05) is 0 Å². The van der Waals surface area contributed by atoms with E-state index in [-0.39, 0.29) is 6.47 Å². The molecule has 0 aliphatic rings. The van der Waals surface area contributed by atoms with E-state index in [0.717, 1.165) is 0 Å². The summed E-state index contributed by atoms with van der Waals surface area (Å²) in [6.45, 7) is 2.35. The molecule has 0 aromatic heterocycles. The average Bonchev–Trinajstić information content (AvgIpc) is 1.85. The maximum Gasteiger partial charge on any atom is 0.386 e. The molecule has 0 amide bonds. The van der Waals surface area contributed by atoms with Gasteiger partial charge in [-0.2, -0.15) is 5.48 Å². The Morgan fingerprint density at radius 1 is 1.78 bits per heavy atom. The maximum atomic E-state index is 10.2. The van der Waals surface area contributed by atoms with Crippen LogP contribution in [0.3, 0.4) is 0 Å². The molecule has 5 nitrogen and oxygen atoms in total. The highest BCUT2D eigenvalue weighted by atomic mass is 31.1. The molecule has 0 saturated heterocycles. The highest BCUT2D eigenvalue weighted by Crippen LogP contribution is 2.18. The smallest absolute Gasteiger partial charge is 0.386 e. The number of hydroxylamine groups is 1. The van der Waals surface area contributed by atoms with Gasteiger partial charge in [0.1, 0.15) is 0 Å². The van der Waals surface area contributed by atoms with Crippen LogP contribution in [-0.2, 0) is 18.5 Å². The summed E-state index contributed by atoms with van der Waals surface area (Å²) in [6, 6.07) is 0. The predicted molar refractivity (Wildman–Crippen MR) is 30.9 cm³/mol. The molecule has 0 saturated carbocycles. The normalized spacial score (nSPS) is 12.6. The second kappa shape index (κ2) is 5.75. The van der Waals surface area contributed by atoms with Crippen molar-refractivity contribution < 1.29 is 18.5 Å². The molecule has 0 aromatic carbocycles. The largest absolute Gasteiger partial charge is 0.395 e. The third-order valence-corrected chi connectivity index (χ3v) is 1.04. The van der Waals surface area contributed by atoms with Crippen LogP contribution in [0.15, 0.2) is 0 Å². The Morgan fingerprint density at radius 3 is 2.89 bits per heavy atom. The Hall–Kier alpha value is -0.380. The summed E-state index contributed by atoms with van der Waals surface area (Å²) < 4.78 is 18.4. The van der Waals surface area contributed by atoms with E-state index in [2.05, 4.69) is 14.6 Å². The predicted octanol–water partition coefficient (Wildman–Crippen LogP) is 0.0902. The summed E-state index contributed by atoms with van der Waals surface area (Å²) >= 11 is 0. The number of hydrogen-bond acceptors (Lipinski definition) is 5. The van der Waals surface area contributed by atoms with Crippen LogP contribution in [0, 0.1) is 0 Å². The van der Waals surface area contributed by atoms with Crippen molar-refractivity contribution in [3.63, 3.8) is 0 Å². The molecule has 0 spiro atoms. The van der Waals surface area contributed by atoms with Crippen LogP contribution in [-0.4, -0.2) is 13.0 Å². The molecule has 0 aliphatic heterocycles. The average molecular weight is 153 g/mol. The number of hydrogen-bond donors (Lipinski definition) is 1. The van der Waals surface area contributed by atoms with Crippen molar-refractivity contribution in [2.75, 3.05) is 6.54 Å². The summed E-state index contributed by atoms with van der Waals surface area (Å²) in [5.74, 6) is 0. The van der Waals surface area contributed by atoms with Crippen molar-refractivity contribution in [1.82, 2.24) is 5.48 Å². The SMILES string of the molecule is CCNO[PH](=O)OC=O.